The number of anilines is 3. The van der Waals surface area contributed by atoms with Crippen LogP contribution in [0.3, 0.4) is 0 Å². The minimum atomic E-state index is 0.340. The molecule has 0 aliphatic heterocycles. The van der Waals surface area contributed by atoms with Crippen LogP contribution in [0.4, 0.5) is 28.4 Å². The Hall–Kier alpha value is -6.99. The molecule has 0 saturated heterocycles. The lowest BCUT2D eigenvalue weighted by Gasteiger charge is -2.26. The van der Waals surface area contributed by atoms with E-state index in [1.54, 1.807) is 36.7 Å². The van der Waals surface area contributed by atoms with Crippen LogP contribution in [0.1, 0.15) is 11.1 Å². The molecule has 1 heterocycles. The molecule has 0 amide bonds. The Morgan fingerprint density at radius 3 is 1.38 bits per heavy atom. The number of aromatic nitrogens is 1. The third kappa shape index (κ3) is 5.73. The fraction of sp³-hybridized carbons (Fsp3) is 0. The lowest BCUT2D eigenvalue weighted by Crippen LogP contribution is -2.09. The molecule has 1 aromatic heterocycles. The molecule has 0 radical (unpaired) electrons. The summed E-state index contributed by atoms with van der Waals surface area (Å²) >= 11 is 0. The van der Waals surface area contributed by atoms with E-state index in [9.17, 15) is 10.5 Å². The van der Waals surface area contributed by atoms with Gasteiger partial charge in [0.1, 0.15) is 12.1 Å². The number of nitriles is 2. The van der Waals surface area contributed by atoms with Crippen LogP contribution < -0.4 is 4.90 Å². The van der Waals surface area contributed by atoms with E-state index in [1.165, 1.54) is 0 Å². The predicted octanol–water partition coefficient (Wildman–Crippen LogP) is 10.4. The molecule has 5 aromatic carbocycles. The van der Waals surface area contributed by atoms with Gasteiger partial charge in [-0.2, -0.15) is 10.5 Å². The average Bonchev–Trinajstić information content (AvgIpc) is 3.12. The highest BCUT2D eigenvalue weighted by molar-refractivity contribution is 5.83. The molecule has 0 N–H and O–H groups in total. The summed E-state index contributed by atoms with van der Waals surface area (Å²) in [5, 5.41) is 18.8. The Morgan fingerprint density at radius 2 is 0.889 bits per heavy atom. The first-order valence-corrected chi connectivity index (χ1v) is 14.0. The minimum Gasteiger partial charge on any atom is -0.311 e. The first-order chi connectivity index (χ1) is 22.1. The number of nitrogens with zero attached hydrogens (tertiary/aromatic N) is 6. The second-order valence-electron chi connectivity index (χ2n) is 10.1. The maximum absolute atomic E-state index is 9.49. The molecular weight excluding hydrogens is 552 g/mol. The Labute approximate surface area is 261 Å². The third-order valence-electron chi connectivity index (χ3n) is 7.53. The zero-order valence-electron chi connectivity index (χ0n) is 23.9. The molecule has 6 rings (SSSR count). The summed E-state index contributed by atoms with van der Waals surface area (Å²) in [6.45, 7) is 14.8. The minimum absolute atomic E-state index is 0.340. The Kier molecular flexibility index (Phi) is 7.81. The molecule has 0 spiro atoms. The number of rotatable bonds is 6. The predicted molar refractivity (Wildman–Crippen MR) is 177 cm³/mol. The Morgan fingerprint density at radius 1 is 0.467 bits per heavy atom. The maximum Gasteiger partial charge on any atom is 0.195 e. The third-order valence-corrected chi connectivity index (χ3v) is 7.53. The van der Waals surface area contributed by atoms with Crippen molar-refractivity contribution in [1.29, 1.82) is 10.5 Å². The average molecular weight is 575 g/mol. The van der Waals surface area contributed by atoms with Gasteiger partial charge in [-0.05, 0) is 94.0 Å². The maximum atomic E-state index is 9.49. The SMILES string of the molecule is [C-]#[N+]c1ccc(-c2ccc(N(c3ccc(-c4ccncc4)cc3)c3ccc(-c4ccc(C#N)c(C#N)c4)cc3)cc2)cc1[N+]#[C-]. The van der Waals surface area contributed by atoms with Gasteiger partial charge in [0.05, 0.1) is 24.3 Å². The molecule has 0 atom stereocenters. The summed E-state index contributed by atoms with van der Waals surface area (Å²) in [6, 6.07) is 43.3. The standard InChI is InChI=1S/C39H22N6/c1-42-38-18-11-32(24-39(38)43-2)29-9-16-37(17-10-29)45(35-12-5-27(6-13-35)30-19-21-44-22-20-30)36-14-7-28(8-15-36)31-3-4-33(25-40)34(23-31)26-41/h3-24H. The highest BCUT2D eigenvalue weighted by atomic mass is 15.1. The van der Waals surface area contributed by atoms with E-state index in [-0.39, 0.29) is 0 Å². The van der Waals surface area contributed by atoms with E-state index >= 15 is 0 Å². The number of benzene rings is 5. The summed E-state index contributed by atoms with van der Waals surface area (Å²) in [6.07, 6.45) is 3.56. The van der Waals surface area contributed by atoms with E-state index in [0.29, 0.717) is 22.5 Å². The first-order valence-electron chi connectivity index (χ1n) is 14.0. The van der Waals surface area contributed by atoms with E-state index < -0.39 is 0 Å². The van der Waals surface area contributed by atoms with Crippen molar-refractivity contribution in [2.24, 2.45) is 0 Å². The molecular formula is C39H22N6. The van der Waals surface area contributed by atoms with Gasteiger partial charge in [-0.3, -0.25) is 14.7 Å². The van der Waals surface area contributed by atoms with Gasteiger partial charge in [-0.1, -0.05) is 60.7 Å². The van der Waals surface area contributed by atoms with Crippen LogP contribution in [0.5, 0.6) is 0 Å². The normalized spacial score (nSPS) is 10.1. The fourth-order valence-corrected chi connectivity index (χ4v) is 5.20. The van der Waals surface area contributed by atoms with Crippen LogP contribution in [0.25, 0.3) is 43.1 Å². The molecule has 0 fully saturated rings. The van der Waals surface area contributed by atoms with Crippen molar-refractivity contribution in [2.75, 3.05) is 4.90 Å². The highest BCUT2D eigenvalue weighted by Gasteiger charge is 2.15. The molecule has 0 saturated carbocycles. The van der Waals surface area contributed by atoms with E-state index in [1.807, 2.05) is 72.8 Å². The lowest BCUT2D eigenvalue weighted by atomic mass is 9.99. The fourth-order valence-electron chi connectivity index (χ4n) is 5.20. The summed E-state index contributed by atoms with van der Waals surface area (Å²) in [7, 11) is 0. The summed E-state index contributed by atoms with van der Waals surface area (Å²) in [4.78, 5) is 13.3. The molecule has 0 unspecified atom stereocenters. The topological polar surface area (TPSA) is 72.4 Å². The molecule has 6 heteroatoms. The van der Waals surface area contributed by atoms with Gasteiger partial charge in [-0.15, -0.1) is 0 Å². The monoisotopic (exact) mass is 574 g/mol. The number of hydrogen-bond donors (Lipinski definition) is 0. The van der Waals surface area contributed by atoms with Crippen molar-refractivity contribution in [3.63, 3.8) is 0 Å². The quantitative estimate of drug-likeness (QED) is 0.186. The second-order valence-corrected chi connectivity index (χ2v) is 10.1. The second kappa shape index (κ2) is 12.5. The van der Waals surface area contributed by atoms with Crippen LogP contribution >= 0.6 is 0 Å². The smallest absolute Gasteiger partial charge is 0.195 e. The van der Waals surface area contributed by atoms with Gasteiger partial charge in [0.2, 0.25) is 0 Å². The molecule has 45 heavy (non-hydrogen) atoms. The highest BCUT2D eigenvalue weighted by Crippen LogP contribution is 2.39. The van der Waals surface area contributed by atoms with Crippen LogP contribution in [0, 0.1) is 35.8 Å². The van der Waals surface area contributed by atoms with Crippen molar-refractivity contribution in [3.05, 3.63) is 168 Å². The Balaban J connectivity index is 1.39. The van der Waals surface area contributed by atoms with Crippen LogP contribution in [0.2, 0.25) is 0 Å². The number of pyridine rings is 1. The Bertz CT molecular complexity index is 2060. The molecule has 0 bridgehead atoms. The zero-order valence-corrected chi connectivity index (χ0v) is 23.9. The number of hydrogen-bond acceptors (Lipinski definition) is 4. The van der Waals surface area contributed by atoms with Crippen LogP contribution in [-0.4, -0.2) is 4.98 Å². The molecule has 0 aliphatic carbocycles. The van der Waals surface area contributed by atoms with E-state index in [2.05, 4.69) is 56.0 Å². The van der Waals surface area contributed by atoms with Gasteiger partial charge in [-0.25, -0.2) is 0 Å². The summed E-state index contributed by atoms with van der Waals surface area (Å²) in [5.74, 6) is 0. The van der Waals surface area contributed by atoms with Crippen LogP contribution in [0.15, 0.2) is 134 Å². The molecule has 6 aromatic rings. The van der Waals surface area contributed by atoms with Crippen molar-refractivity contribution in [1.82, 2.24) is 4.98 Å². The molecule has 6 nitrogen and oxygen atoms in total. The van der Waals surface area contributed by atoms with Crippen molar-refractivity contribution in [3.8, 4) is 45.5 Å². The van der Waals surface area contributed by atoms with Gasteiger partial charge in [0, 0.05) is 29.5 Å². The first kappa shape index (κ1) is 28.1. The molecule has 0 aliphatic rings. The van der Waals surface area contributed by atoms with Crippen LogP contribution in [-0.2, 0) is 0 Å². The summed E-state index contributed by atoms with van der Waals surface area (Å²) in [5.41, 5.74) is 10.0. The van der Waals surface area contributed by atoms with Gasteiger partial charge in [0.15, 0.2) is 11.4 Å². The van der Waals surface area contributed by atoms with E-state index in [4.69, 9.17) is 13.1 Å². The lowest BCUT2D eigenvalue weighted by molar-refractivity contribution is 1.28. The largest absolute Gasteiger partial charge is 0.311 e. The van der Waals surface area contributed by atoms with Gasteiger partial charge >= 0.3 is 0 Å². The van der Waals surface area contributed by atoms with Crippen molar-refractivity contribution in [2.45, 2.75) is 0 Å². The molecule has 208 valence electrons. The zero-order chi connectivity index (χ0) is 31.2. The van der Waals surface area contributed by atoms with Crippen molar-refractivity contribution < 1.29 is 0 Å². The van der Waals surface area contributed by atoms with E-state index in [0.717, 1.165) is 50.4 Å². The summed E-state index contributed by atoms with van der Waals surface area (Å²) < 4.78 is 0. The van der Waals surface area contributed by atoms with Gasteiger partial charge < -0.3 is 4.90 Å². The van der Waals surface area contributed by atoms with Crippen molar-refractivity contribution >= 4 is 28.4 Å². The van der Waals surface area contributed by atoms with Gasteiger partial charge in [0.25, 0.3) is 0 Å².